The van der Waals surface area contributed by atoms with E-state index in [1.165, 1.54) is 109 Å². The quantitative estimate of drug-likeness (QED) is 0.0422. The molecule has 0 rings (SSSR count). The first kappa shape index (κ1) is 59.8. The van der Waals surface area contributed by atoms with Crippen LogP contribution in [-0.2, 0) is 4.79 Å². The van der Waals surface area contributed by atoms with Gasteiger partial charge in [-0.1, -0.05) is 238 Å². The van der Waals surface area contributed by atoms with Crippen molar-refractivity contribution in [3.05, 3.63) is 122 Å². The highest BCUT2D eigenvalue weighted by Gasteiger charge is 2.17. The van der Waals surface area contributed by atoms with E-state index >= 15 is 0 Å². The molecule has 0 saturated heterocycles. The fourth-order valence-electron chi connectivity index (χ4n) is 7.19. The first-order valence-corrected chi connectivity index (χ1v) is 26.2. The van der Waals surface area contributed by atoms with Crippen LogP contribution in [0.15, 0.2) is 122 Å². The Morgan fingerprint density at radius 3 is 1.11 bits per heavy atom. The summed E-state index contributed by atoms with van der Waals surface area (Å²) in [7, 11) is 0. The molecule has 0 fully saturated rings. The van der Waals surface area contributed by atoms with Crippen molar-refractivity contribution in [2.45, 2.75) is 238 Å². The molecular formula is C59H99NO3. The molecule has 358 valence electrons. The molecule has 2 unspecified atom stereocenters. The van der Waals surface area contributed by atoms with Crippen LogP contribution in [0.4, 0.5) is 0 Å². The van der Waals surface area contributed by atoms with Crippen molar-refractivity contribution in [2.75, 3.05) is 6.61 Å². The minimum atomic E-state index is -0.885. The largest absolute Gasteiger partial charge is 0.394 e. The molecule has 0 aliphatic rings. The summed E-state index contributed by atoms with van der Waals surface area (Å²) in [6, 6.07) is -0.661. The molecule has 0 aromatic heterocycles. The number of aliphatic hydroxyl groups is 2. The summed E-state index contributed by atoms with van der Waals surface area (Å²) in [5.74, 6) is -0.0941. The molecule has 4 nitrogen and oxygen atoms in total. The van der Waals surface area contributed by atoms with Crippen LogP contribution in [0.1, 0.15) is 226 Å². The summed E-state index contributed by atoms with van der Waals surface area (Å²) in [6.45, 7) is 4.17. The van der Waals surface area contributed by atoms with E-state index in [-0.39, 0.29) is 12.5 Å². The summed E-state index contributed by atoms with van der Waals surface area (Å²) in [5.41, 5.74) is 0. The molecule has 0 aliphatic heterocycles. The smallest absolute Gasteiger partial charge is 0.220 e. The van der Waals surface area contributed by atoms with Crippen molar-refractivity contribution in [3.63, 3.8) is 0 Å². The van der Waals surface area contributed by atoms with Crippen LogP contribution in [0.5, 0.6) is 0 Å². The average Bonchev–Trinajstić information content (AvgIpc) is 3.29. The normalized spacial score (nSPS) is 13.9. The molecule has 0 spiro atoms. The van der Waals surface area contributed by atoms with Gasteiger partial charge in [0.2, 0.25) is 5.91 Å². The van der Waals surface area contributed by atoms with Crippen molar-refractivity contribution in [1.29, 1.82) is 0 Å². The topological polar surface area (TPSA) is 69.6 Å². The molecule has 0 aromatic rings. The Balaban J connectivity index is 3.69. The predicted molar refractivity (Wildman–Crippen MR) is 280 cm³/mol. The Morgan fingerprint density at radius 2 is 0.714 bits per heavy atom. The Bertz CT molecular complexity index is 1260. The molecular weight excluding hydrogens is 771 g/mol. The van der Waals surface area contributed by atoms with Crippen LogP contribution in [0.3, 0.4) is 0 Å². The number of allylic oxidation sites excluding steroid dienone is 19. The third-order valence-corrected chi connectivity index (χ3v) is 11.2. The SMILES string of the molecule is CC/C=C\C/C=C\C/C=C\C/C=C\C/C=C\C/C=C\C/C=C\CCCCCCCCCC(=O)NC(CO)C(O)/C=C/CC/C=C/CC/C=C/CCCCCCCCCCCCCC. The van der Waals surface area contributed by atoms with Gasteiger partial charge < -0.3 is 15.5 Å². The number of nitrogens with one attached hydrogen (secondary N) is 1. The Morgan fingerprint density at radius 1 is 0.397 bits per heavy atom. The molecule has 3 N–H and O–H groups in total. The highest BCUT2D eigenvalue weighted by molar-refractivity contribution is 5.76. The highest BCUT2D eigenvalue weighted by atomic mass is 16.3. The van der Waals surface area contributed by atoms with E-state index < -0.39 is 12.1 Å². The fraction of sp³-hybridized carbons (Fsp3) is 0.644. The monoisotopic (exact) mass is 870 g/mol. The molecule has 2 atom stereocenters. The third-order valence-electron chi connectivity index (χ3n) is 11.2. The minimum absolute atomic E-state index is 0.0941. The lowest BCUT2D eigenvalue weighted by molar-refractivity contribution is -0.123. The van der Waals surface area contributed by atoms with Gasteiger partial charge in [-0.15, -0.1) is 0 Å². The molecule has 63 heavy (non-hydrogen) atoms. The summed E-state index contributed by atoms with van der Waals surface area (Å²) in [5, 5.41) is 23.1. The van der Waals surface area contributed by atoms with Crippen molar-refractivity contribution in [1.82, 2.24) is 5.32 Å². The number of carbonyl (C=O) groups excluding carboxylic acids is 1. The number of rotatable bonds is 46. The van der Waals surface area contributed by atoms with Crippen molar-refractivity contribution >= 4 is 5.91 Å². The van der Waals surface area contributed by atoms with Crippen LogP contribution >= 0.6 is 0 Å². The van der Waals surface area contributed by atoms with E-state index in [2.05, 4.69) is 129 Å². The maximum Gasteiger partial charge on any atom is 0.220 e. The van der Waals surface area contributed by atoms with E-state index in [4.69, 9.17) is 0 Å². The third kappa shape index (κ3) is 49.7. The molecule has 1 amide bonds. The number of hydrogen-bond donors (Lipinski definition) is 3. The minimum Gasteiger partial charge on any atom is -0.394 e. The maximum absolute atomic E-state index is 12.4. The Hall–Kier alpha value is -3.21. The summed E-state index contributed by atoms with van der Waals surface area (Å²) in [4.78, 5) is 12.4. The lowest BCUT2D eigenvalue weighted by atomic mass is 10.0. The van der Waals surface area contributed by atoms with Gasteiger partial charge in [-0.25, -0.2) is 0 Å². The van der Waals surface area contributed by atoms with Gasteiger partial charge in [0, 0.05) is 6.42 Å². The number of carbonyl (C=O) groups is 1. The van der Waals surface area contributed by atoms with Crippen molar-refractivity contribution < 1.29 is 15.0 Å². The zero-order valence-corrected chi connectivity index (χ0v) is 41.0. The number of hydrogen-bond acceptors (Lipinski definition) is 3. The lowest BCUT2D eigenvalue weighted by Gasteiger charge is -2.19. The second-order valence-electron chi connectivity index (χ2n) is 17.2. The average molecular weight is 870 g/mol. The summed E-state index contributed by atoms with van der Waals surface area (Å²) in [6.07, 6.45) is 81.9. The van der Waals surface area contributed by atoms with Crippen LogP contribution in [0, 0.1) is 0 Å². The van der Waals surface area contributed by atoms with Crippen LogP contribution < -0.4 is 5.32 Å². The molecule has 0 saturated carbocycles. The number of aliphatic hydroxyl groups excluding tert-OH is 2. The number of amides is 1. The van der Waals surface area contributed by atoms with Crippen LogP contribution in [0.2, 0.25) is 0 Å². The van der Waals surface area contributed by atoms with Gasteiger partial charge in [-0.2, -0.15) is 0 Å². The first-order valence-electron chi connectivity index (χ1n) is 26.2. The van der Waals surface area contributed by atoms with Gasteiger partial charge >= 0.3 is 0 Å². The van der Waals surface area contributed by atoms with Crippen LogP contribution in [0.25, 0.3) is 0 Å². The van der Waals surface area contributed by atoms with E-state index in [1.807, 2.05) is 6.08 Å². The van der Waals surface area contributed by atoms with Crippen LogP contribution in [-0.4, -0.2) is 34.9 Å². The summed E-state index contributed by atoms with van der Waals surface area (Å²) >= 11 is 0. The molecule has 0 heterocycles. The summed E-state index contributed by atoms with van der Waals surface area (Å²) < 4.78 is 0. The van der Waals surface area contributed by atoms with Gasteiger partial charge in [0.15, 0.2) is 0 Å². The van der Waals surface area contributed by atoms with E-state index in [0.717, 1.165) is 96.3 Å². The Labute approximate surface area is 390 Å². The number of unbranched alkanes of at least 4 members (excludes halogenated alkanes) is 21. The van der Waals surface area contributed by atoms with E-state index in [9.17, 15) is 15.0 Å². The fourth-order valence-corrected chi connectivity index (χ4v) is 7.19. The van der Waals surface area contributed by atoms with Crippen molar-refractivity contribution in [2.24, 2.45) is 0 Å². The van der Waals surface area contributed by atoms with Gasteiger partial charge in [0.05, 0.1) is 18.8 Å². The maximum atomic E-state index is 12.4. The predicted octanol–water partition coefficient (Wildman–Crippen LogP) is 17.3. The molecule has 0 aromatic carbocycles. The van der Waals surface area contributed by atoms with E-state index in [0.29, 0.717) is 6.42 Å². The van der Waals surface area contributed by atoms with Gasteiger partial charge in [-0.3, -0.25) is 4.79 Å². The van der Waals surface area contributed by atoms with Gasteiger partial charge in [-0.05, 0) is 103 Å². The second-order valence-corrected chi connectivity index (χ2v) is 17.2. The Kier molecular flexibility index (Phi) is 50.4. The zero-order valence-electron chi connectivity index (χ0n) is 41.0. The van der Waals surface area contributed by atoms with Gasteiger partial charge in [0.1, 0.15) is 0 Å². The zero-order chi connectivity index (χ0) is 45.6. The first-order chi connectivity index (χ1) is 31.2. The van der Waals surface area contributed by atoms with Crippen molar-refractivity contribution in [3.8, 4) is 0 Å². The molecule has 0 aliphatic carbocycles. The standard InChI is InChI=1S/C59H99NO3/c1-3-5-7-9-11-13-15-17-19-21-23-25-27-28-29-30-31-32-33-35-37-39-41-43-45-47-49-51-53-55-59(63)60-57(56-61)58(62)54-52-50-48-46-44-42-40-38-36-34-26-24-22-20-18-16-14-12-10-8-6-4-2/h5,7,11,13,17,19,23,25,28-29,31-32,35-38,44,46,52,54,57-58,61-62H,3-4,6,8-10,12,14-16,18,20-22,24,26-27,30,33-34,39-43,45,47-51,53,55-56H2,1-2H3,(H,60,63)/b7-5-,13-11-,19-17-,25-23-,29-28-,32-31-,37-35-,38-36+,46-44+,54-52+. The molecule has 0 radical (unpaired) electrons. The highest BCUT2D eigenvalue weighted by Crippen LogP contribution is 2.14. The molecule has 4 heteroatoms. The second kappa shape index (κ2) is 53.1. The van der Waals surface area contributed by atoms with E-state index in [1.54, 1.807) is 6.08 Å². The lowest BCUT2D eigenvalue weighted by Crippen LogP contribution is -2.45. The van der Waals surface area contributed by atoms with Gasteiger partial charge in [0.25, 0.3) is 0 Å². The molecule has 0 bridgehead atoms.